The fraction of sp³-hybridized carbons (Fsp3) is 0.318. The Labute approximate surface area is 175 Å². The molecule has 0 saturated carbocycles. The molecule has 0 spiro atoms. The standard InChI is InChI=1S/C22H22N4O3S/c1-15-7-8-16(2)19(13-15)30(27,28)20(14-23)21-22(26-9-11-29-12-10-26)25-18-6-4-3-5-17(18)24-21/h3-8,13,20H,9-12H2,1-2H3/t20-/m0/s1. The summed E-state index contributed by atoms with van der Waals surface area (Å²) in [6.07, 6.45) is 0. The van der Waals surface area contributed by atoms with Crippen molar-refractivity contribution in [2.45, 2.75) is 24.0 Å². The maximum atomic E-state index is 13.6. The lowest BCUT2D eigenvalue weighted by molar-refractivity contribution is 0.122. The van der Waals surface area contributed by atoms with Crippen LogP contribution in [0.2, 0.25) is 0 Å². The van der Waals surface area contributed by atoms with Gasteiger partial charge in [0.05, 0.1) is 35.2 Å². The Balaban J connectivity index is 1.93. The molecule has 8 heteroatoms. The zero-order valence-corrected chi connectivity index (χ0v) is 17.7. The van der Waals surface area contributed by atoms with Crippen LogP contribution in [0.25, 0.3) is 11.0 Å². The highest BCUT2D eigenvalue weighted by molar-refractivity contribution is 7.92. The summed E-state index contributed by atoms with van der Waals surface area (Å²) in [5, 5.41) is 8.53. The average molecular weight is 423 g/mol. The number of anilines is 1. The van der Waals surface area contributed by atoms with Gasteiger partial charge in [-0.15, -0.1) is 0 Å². The third-order valence-electron chi connectivity index (χ3n) is 5.21. The van der Waals surface area contributed by atoms with Gasteiger partial charge in [-0.2, -0.15) is 5.26 Å². The van der Waals surface area contributed by atoms with Gasteiger partial charge >= 0.3 is 0 Å². The van der Waals surface area contributed by atoms with Crippen LogP contribution in [-0.4, -0.2) is 44.7 Å². The van der Waals surface area contributed by atoms with E-state index in [2.05, 4.69) is 4.98 Å². The molecule has 7 nitrogen and oxygen atoms in total. The molecule has 1 saturated heterocycles. The number of ether oxygens (including phenoxy) is 1. The van der Waals surface area contributed by atoms with Crippen molar-refractivity contribution in [1.29, 1.82) is 5.26 Å². The largest absolute Gasteiger partial charge is 0.378 e. The number of para-hydroxylation sites is 2. The second kappa shape index (κ2) is 8.01. The SMILES string of the molecule is Cc1ccc(C)c(S(=O)(=O)[C@@H](C#N)c2nc3ccccc3nc2N2CCOCC2)c1. The van der Waals surface area contributed by atoms with E-state index >= 15 is 0 Å². The maximum absolute atomic E-state index is 13.6. The van der Waals surface area contributed by atoms with Crippen LogP contribution in [0.5, 0.6) is 0 Å². The summed E-state index contributed by atoms with van der Waals surface area (Å²) in [7, 11) is -4.01. The van der Waals surface area contributed by atoms with Crippen LogP contribution in [-0.2, 0) is 14.6 Å². The Morgan fingerprint density at radius 1 is 1.07 bits per heavy atom. The number of morpholine rings is 1. The number of aryl methyl sites for hydroxylation is 2. The van der Waals surface area contributed by atoms with Crippen molar-refractivity contribution in [1.82, 2.24) is 9.97 Å². The molecule has 3 aromatic rings. The summed E-state index contributed by atoms with van der Waals surface area (Å²) in [6, 6.07) is 14.5. The Morgan fingerprint density at radius 3 is 2.40 bits per heavy atom. The smallest absolute Gasteiger partial charge is 0.200 e. The molecule has 1 aliphatic rings. The third kappa shape index (κ3) is 3.62. The van der Waals surface area contributed by atoms with E-state index in [0.29, 0.717) is 48.7 Å². The van der Waals surface area contributed by atoms with Crippen LogP contribution in [0.3, 0.4) is 0 Å². The second-order valence-electron chi connectivity index (χ2n) is 7.34. The van der Waals surface area contributed by atoms with Gasteiger partial charge in [0.25, 0.3) is 0 Å². The summed E-state index contributed by atoms with van der Waals surface area (Å²) in [4.78, 5) is 11.4. The molecule has 1 atom stereocenters. The summed E-state index contributed by atoms with van der Waals surface area (Å²) < 4.78 is 32.6. The Hall–Kier alpha value is -3.02. The van der Waals surface area contributed by atoms with Crippen molar-refractivity contribution in [3.8, 4) is 6.07 Å². The molecule has 154 valence electrons. The number of aromatic nitrogens is 2. The molecule has 0 unspecified atom stereocenters. The van der Waals surface area contributed by atoms with E-state index in [4.69, 9.17) is 9.72 Å². The van der Waals surface area contributed by atoms with Crippen molar-refractivity contribution in [3.63, 3.8) is 0 Å². The number of sulfone groups is 1. The molecule has 1 aromatic heterocycles. The maximum Gasteiger partial charge on any atom is 0.200 e. The van der Waals surface area contributed by atoms with Gasteiger partial charge in [-0.3, -0.25) is 0 Å². The summed E-state index contributed by atoms with van der Waals surface area (Å²) in [5.41, 5.74) is 2.79. The minimum absolute atomic E-state index is 0.150. The predicted molar refractivity (Wildman–Crippen MR) is 114 cm³/mol. The van der Waals surface area contributed by atoms with Crippen LogP contribution in [0.15, 0.2) is 47.4 Å². The molecule has 2 heterocycles. The third-order valence-corrected chi connectivity index (χ3v) is 7.22. The van der Waals surface area contributed by atoms with Crippen molar-refractivity contribution in [3.05, 3.63) is 59.3 Å². The van der Waals surface area contributed by atoms with Crippen molar-refractivity contribution in [2.75, 3.05) is 31.2 Å². The highest BCUT2D eigenvalue weighted by atomic mass is 32.2. The zero-order chi connectivity index (χ0) is 21.3. The van der Waals surface area contributed by atoms with E-state index in [0.717, 1.165) is 5.56 Å². The first-order chi connectivity index (χ1) is 14.4. The minimum atomic E-state index is -4.01. The number of hydrogen-bond acceptors (Lipinski definition) is 7. The van der Waals surface area contributed by atoms with Gasteiger partial charge in [-0.25, -0.2) is 18.4 Å². The van der Waals surface area contributed by atoms with E-state index in [-0.39, 0.29) is 10.6 Å². The lowest BCUT2D eigenvalue weighted by atomic mass is 10.2. The first-order valence-corrected chi connectivity index (χ1v) is 11.3. The molecular formula is C22H22N4O3S. The summed E-state index contributed by atoms with van der Waals surface area (Å²) >= 11 is 0. The number of hydrogen-bond donors (Lipinski definition) is 0. The normalized spacial score (nSPS) is 15.7. The van der Waals surface area contributed by atoms with Gasteiger partial charge < -0.3 is 9.64 Å². The highest BCUT2D eigenvalue weighted by Gasteiger charge is 2.36. The minimum Gasteiger partial charge on any atom is -0.378 e. The number of nitrogens with zero attached hydrogens (tertiary/aromatic N) is 4. The zero-order valence-electron chi connectivity index (χ0n) is 16.9. The van der Waals surface area contributed by atoms with Crippen molar-refractivity contribution >= 4 is 26.7 Å². The van der Waals surface area contributed by atoms with E-state index in [9.17, 15) is 13.7 Å². The summed E-state index contributed by atoms with van der Waals surface area (Å²) in [5.74, 6) is 0.428. The molecule has 0 radical (unpaired) electrons. The second-order valence-corrected chi connectivity index (χ2v) is 9.34. The molecular weight excluding hydrogens is 400 g/mol. The molecule has 4 rings (SSSR count). The predicted octanol–water partition coefficient (Wildman–Crippen LogP) is 3.12. The molecule has 0 aliphatic carbocycles. The monoisotopic (exact) mass is 422 g/mol. The van der Waals surface area contributed by atoms with E-state index in [1.165, 1.54) is 0 Å². The average Bonchev–Trinajstić information content (AvgIpc) is 2.76. The van der Waals surface area contributed by atoms with E-state index in [1.807, 2.05) is 42.2 Å². The Bertz CT molecular complexity index is 1240. The lowest BCUT2D eigenvalue weighted by Crippen LogP contribution is -2.38. The van der Waals surface area contributed by atoms with Crippen LogP contribution in [0, 0.1) is 25.2 Å². The van der Waals surface area contributed by atoms with Crippen LogP contribution in [0.1, 0.15) is 22.1 Å². The molecule has 0 bridgehead atoms. The Kier molecular flexibility index (Phi) is 5.41. The van der Waals surface area contributed by atoms with Gasteiger partial charge in [0.1, 0.15) is 5.69 Å². The van der Waals surface area contributed by atoms with Gasteiger partial charge in [0.15, 0.2) is 11.1 Å². The first-order valence-electron chi connectivity index (χ1n) is 9.72. The molecule has 2 aromatic carbocycles. The molecule has 0 N–H and O–H groups in total. The van der Waals surface area contributed by atoms with Gasteiger partial charge in [-0.1, -0.05) is 24.3 Å². The number of rotatable bonds is 4. The summed E-state index contributed by atoms with van der Waals surface area (Å²) in [6.45, 7) is 5.69. The lowest BCUT2D eigenvalue weighted by Gasteiger charge is -2.30. The molecule has 1 aliphatic heterocycles. The first kappa shape index (κ1) is 20.3. The molecule has 1 fully saturated rings. The highest BCUT2D eigenvalue weighted by Crippen LogP contribution is 2.35. The van der Waals surface area contributed by atoms with Crippen LogP contribution < -0.4 is 4.90 Å². The molecule has 0 amide bonds. The number of benzene rings is 2. The van der Waals surface area contributed by atoms with Crippen molar-refractivity contribution in [2.24, 2.45) is 0 Å². The van der Waals surface area contributed by atoms with E-state index < -0.39 is 15.1 Å². The topological polar surface area (TPSA) is 96.2 Å². The molecule has 30 heavy (non-hydrogen) atoms. The Morgan fingerprint density at radius 2 is 1.73 bits per heavy atom. The number of fused-ring (bicyclic) bond motifs is 1. The van der Waals surface area contributed by atoms with Gasteiger partial charge in [0.2, 0.25) is 9.84 Å². The fourth-order valence-electron chi connectivity index (χ4n) is 3.61. The van der Waals surface area contributed by atoms with E-state index in [1.54, 1.807) is 25.1 Å². The van der Waals surface area contributed by atoms with Crippen molar-refractivity contribution < 1.29 is 13.2 Å². The van der Waals surface area contributed by atoms with Crippen LogP contribution in [0.4, 0.5) is 5.82 Å². The number of nitriles is 1. The van der Waals surface area contributed by atoms with Crippen LogP contribution >= 0.6 is 0 Å². The quantitative estimate of drug-likeness (QED) is 0.637. The fourth-order valence-corrected chi connectivity index (χ4v) is 5.32. The van der Waals surface area contributed by atoms with Gasteiger partial charge in [0, 0.05) is 13.1 Å². The van der Waals surface area contributed by atoms with Gasteiger partial charge in [-0.05, 0) is 43.2 Å².